The minimum atomic E-state index is -0.482. The van der Waals surface area contributed by atoms with Gasteiger partial charge in [-0.1, -0.05) is 23.8 Å². The Labute approximate surface area is 134 Å². The lowest BCUT2D eigenvalue weighted by atomic mass is 10.1. The Bertz CT molecular complexity index is 771. The standard InChI is InChI=1S/C18H17FN2O2/c1-12-3-8-16-15(9-12)17(22)18(23)21(16)11-20(2)10-13-4-6-14(19)7-5-13/h3-9H,10-11H2,1-2H3/p+1. The van der Waals surface area contributed by atoms with E-state index in [-0.39, 0.29) is 5.82 Å². The van der Waals surface area contributed by atoms with Gasteiger partial charge >= 0.3 is 5.91 Å². The number of Topliss-reactive ketones (excluding diaryl/α,β-unsaturated/α-hetero) is 1. The van der Waals surface area contributed by atoms with Crippen LogP contribution in [0.1, 0.15) is 21.5 Å². The van der Waals surface area contributed by atoms with E-state index < -0.39 is 11.7 Å². The van der Waals surface area contributed by atoms with Crippen molar-refractivity contribution in [3.05, 3.63) is 65.0 Å². The van der Waals surface area contributed by atoms with E-state index in [9.17, 15) is 14.0 Å². The Balaban J connectivity index is 1.76. The number of benzene rings is 2. The minimum Gasteiger partial charge on any atom is -0.316 e. The second-order valence-corrected chi connectivity index (χ2v) is 6.00. The molecule has 1 unspecified atom stereocenters. The Morgan fingerprint density at radius 2 is 1.78 bits per heavy atom. The topological polar surface area (TPSA) is 41.8 Å². The van der Waals surface area contributed by atoms with Gasteiger partial charge in [0.25, 0.3) is 5.78 Å². The number of nitrogens with zero attached hydrogens (tertiary/aromatic N) is 1. The molecule has 0 spiro atoms. The molecule has 3 rings (SSSR count). The van der Waals surface area contributed by atoms with Gasteiger partial charge in [0.05, 0.1) is 18.3 Å². The highest BCUT2D eigenvalue weighted by atomic mass is 19.1. The molecule has 0 aliphatic carbocycles. The van der Waals surface area contributed by atoms with E-state index in [1.165, 1.54) is 17.0 Å². The Hall–Kier alpha value is -2.53. The largest absolute Gasteiger partial charge is 0.316 e. The molecule has 5 heteroatoms. The zero-order chi connectivity index (χ0) is 16.6. The number of nitrogens with one attached hydrogen (secondary N) is 1. The molecule has 0 fully saturated rings. The highest BCUT2D eigenvalue weighted by Gasteiger charge is 2.37. The third-order valence-corrected chi connectivity index (χ3v) is 3.97. The van der Waals surface area contributed by atoms with Gasteiger partial charge < -0.3 is 4.90 Å². The number of fused-ring (bicyclic) bond motifs is 1. The van der Waals surface area contributed by atoms with Crippen molar-refractivity contribution in [2.45, 2.75) is 13.5 Å². The van der Waals surface area contributed by atoms with Crippen molar-refractivity contribution in [2.75, 3.05) is 18.6 Å². The number of carbonyl (C=O) groups excluding carboxylic acids is 2. The first-order valence-electron chi connectivity index (χ1n) is 7.48. The molecular formula is C18H18FN2O2+. The van der Waals surface area contributed by atoms with Crippen LogP contribution in [0.5, 0.6) is 0 Å². The molecular weight excluding hydrogens is 295 g/mol. The van der Waals surface area contributed by atoms with Crippen molar-refractivity contribution in [1.82, 2.24) is 0 Å². The lowest BCUT2D eigenvalue weighted by Gasteiger charge is -2.21. The number of halogens is 1. The van der Waals surface area contributed by atoms with Gasteiger partial charge in [0.15, 0.2) is 6.67 Å². The number of rotatable bonds is 4. The van der Waals surface area contributed by atoms with E-state index in [0.717, 1.165) is 16.0 Å². The molecule has 118 valence electrons. The van der Waals surface area contributed by atoms with E-state index in [1.807, 2.05) is 26.1 Å². The molecule has 1 N–H and O–H groups in total. The van der Waals surface area contributed by atoms with Gasteiger partial charge in [0, 0.05) is 5.56 Å². The van der Waals surface area contributed by atoms with Gasteiger partial charge in [0.1, 0.15) is 12.4 Å². The molecule has 1 atom stereocenters. The smallest absolute Gasteiger partial charge is 0.303 e. The summed E-state index contributed by atoms with van der Waals surface area (Å²) < 4.78 is 12.9. The van der Waals surface area contributed by atoms with Gasteiger partial charge in [-0.25, -0.2) is 4.39 Å². The van der Waals surface area contributed by atoms with Crippen LogP contribution in [0.3, 0.4) is 0 Å². The first-order chi connectivity index (χ1) is 11.0. The number of hydrogen-bond donors (Lipinski definition) is 1. The van der Waals surface area contributed by atoms with Crippen LogP contribution in [0.2, 0.25) is 0 Å². The summed E-state index contributed by atoms with van der Waals surface area (Å²) in [5, 5.41) is 0. The molecule has 4 nitrogen and oxygen atoms in total. The molecule has 1 aliphatic heterocycles. The van der Waals surface area contributed by atoms with Crippen LogP contribution in [0.15, 0.2) is 42.5 Å². The van der Waals surface area contributed by atoms with Crippen LogP contribution in [0, 0.1) is 12.7 Å². The highest BCUT2D eigenvalue weighted by molar-refractivity contribution is 6.52. The summed E-state index contributed by atoms with van der Waals surface area (Å²) >= 11 is 0. The van der Waals surface area contributed by atoms with E-state index >= 15 is 0 Å². The maximum Gasteiger partial charge on any atom is 0.303 e. The maximum absolute atomic E-state index is 12.9. The van der Waals surface area contributed by atoms with Crippen LogP contribution >= 0.6 is 0 Å². The zero-order valence-corrected chi connectivity index (χ0v) is 13.1. The fraction of sp³-hybridized carbons (Fsp3) is 0.222. The van der Waals surface area contributed by atoms with Crippen molar-refractivity contribution >= 4 is 17.4 Å². The third-order valence-electron chi connectivity index (χ3n) is 3.97. The molecule has 1 heterocycles. The number of quaternary nitrogens is 1. The first-order valence-corrected chi connectivity index (χ1v) is 7.48. The predicted octanol–water partition coefficient (Wildman–Crippen LogP) is 1.34. The Kier molecular flexibility index (Phi) is 3.96. The van der Waals surface area contributed by atoms with Gasteiger partial charge in [-0.15, -0.1) is 0 Å². The third kappa shape index (κ3) is 3.00. The molecule has 0 radical (unpaired) electrons. The lowest BCUT2D eigenvalue weighted by molar-refractivity contribution is -0.892. The second kappa shape index (κ2) is 5.93. The summed E-state index contributed by atoms with van der Waals surface area (Å²) in [6.45, 7) is 2.92. The lowest BCUT2D eigenvalue weighted by Crippen LogP contribution is -3.09. The second-order valence-electron chi connectivity index (χ2n) is 6.00. The number of carbonyl (C=O) groups is 2. The average molecular weight is 313 g/mol. The van der Waals surface area contributed by atoms with E-state index in [2.05, 4.69) is 0 Å². The van der Waals surface area contributed by atoms with E-state index in [4.69, 9.17) is 0 Å². The first kappa shape index (κ1) is 15.4. The van der Waals surface area contributed by atoms with Crippen molar-refractivity contribution < 1.29 is 18.9 Å². The molecule has 0 aromatic heterocycles. The molecule has 0 bridgehead atoms. The molecule has 2 aromatic carbocycles. The van der Waals surface area contributed by atoms with Crippen LogP contribution in [-0.4, -0.2) is 25.4 Å². The number of anilines is 1. The van der Waals surface area contributed by atoms with E-state index in [1.54, 1.807) is 18.2 Å². The van der Waals surface area contributed by atoms with Gasteiger partial charge in [-0.3, -0.25) is 14.5 Å². The SMILES string of the molecule is Cc1ccc2c(c1)C(=O)C(=O)N2C[NH+](C)Cc1ccc(F)cc1. The quantitative estimate of drug-likeness (QED) is 0.866. The fourth-order valence-corrected chi connectivity index (χ4v) is 2.85. The van der Waals surface area contributed by atoms with Crippen molar-refractivity contribution in [3.8, 4) is 0 Å². The maximum atomic E-state index is 12.9. The van der Waals surface area contributed by atoms with Crippen LogP contribution < -0.4 is 9.80 Å². The number of hydrogen-bond acceptors (Lipinski definition) is 2. The summed E-state index contributed by atoms with van der Waals surface area (Å²) in [5.41, 5.74) is 3.08. The molecule has 1 aliphatic rings. The van der Waals surface area contributed by atoms with E-state index in [0.29, 0.717) is 24.5 Å². The Morgan fingerprint density at radius 1 is 1.09 bits per heavy atom. The summed E-state index contributed by atoms with van der Waals surface area (Å²) in [7, 11) is 1.94. The normalized spacial score (nSPS) is 15.0. The molecule has 0 saturated heterocycles. The van der Waals surface area contributed by atoms with Crippen LogP contribution in [0.25, 0.3) is 0 Å². The summed E-state index contributed by atoms with van der Waals surface area (Å²) in [4.78, 5) is 26.9. The van der Waals surface area contributed by atoms with Crippen molar-refractivity contribution in [3.63, 3.8) is 0 Å². The van der Waals surface area contributed by atoms with Crippen molar-refractivity contribution in [2.24, 2.45) is 0 Å². The summed E-state index contributed by atoms with van der Waals surface area (Å²) in [6, 6.07) is 11.8. The molecule has 23 heavy (non-hydrogen) atoms. The summed E-state index contributed by atoms with van der Waals surface area (Å²) in [5.74, 6) is -1.20. The van der Waals surface area contributed by atoms with Crippen LogP contribution in [0.4, 0.5) is 10.1 Å². The van der Waals surface area contributed by atoms with Gasteiger partial charge in [-0.05, 0) is 31.2 Å². The van der Waals surface area contributed by atoms with Crippen molar-refractivity contribution in [1.29, 1.82) is 0 Å². The van der Waals surface area contributed by atoms with Gasteiger partial charge in [0.2, 0.25) is 0 Å². The fourth-order valence-electron chi connectivity index (χ4n) is 2.85. The Morgan fingerprint density at radius 3 is 2.48 bits per heavy atom. The minimum absolute atomic E-state index is 0.268. The summed E-state index contributed by atoms with van der Waals surface area (Å²) in [6.07, 6.45) is 0. The average Bonchev–Trinajstić information content (AvgIpc) is 2.74. The number of aryl methyl sites for hydroxylation is 1. The number of amides is 1. The highest BCUT2D eigenvalue weighted by Crippen LogP contribution is 2.28. The number of ketones is 1. The van der Waals surface area contributed by atoms with Crippen LogP contribution in [-0.2, 0) is 11.3 Å². The molecule has 1 amide bonds. The molecule has 2 aromatic rings. The van der Waals surface area contributed by atoms with Gasteiger partial charge in [-0.2, -0.15) is 0 Å². The predicted molar refractivity (Wildman–Crippen MR) is 84.9 cm³/mol. The zero-order valence-electron chi connectivity index (χ0n) is 13.1. The molecule has 0 saturated carbocycles. The monoisotopic (exact) mass is 313 g/mol.